The summed E-state index contributed by atoms with van der Waals surface area (Å²) in [5.41, 5.74) is 7.38. The monoisotopic (exact) mass is 569 g/mol. The van der Waals surface area contributed by atoms with Gasteiger partial charge in [-0.1, -0.05) is 24.2 Å². The Morgan fingerprint density at radius 2 is 1.93 bits per heavy atom. The van der Waals surface area contributed by atoms with E-state index in [1.54, 1.807) is 35.4 Å². The van der Waals surface area contributed by atoms with Gasteiger partial charge in [0.05, 0.1) is 23.4 Å². The number of aryl methyl sites for hydroxylation is 2. The van der Waals surface area contributed by atoms with Crippen molar-refractivity contribution >= 4 is 17.3 Å². The van der Waals surface area contributed by atoms with Gasteiger partial charge in [0.15, 0.2) is 0 Å². The first-order chi connectivity index (χ1) is 18.6. The van der Waals surface area contributed by atoms with Crippen molar-refractivity contribution < 1.29 is 70.1 Å². The Bertz CT molecular complexity index is 1510. The van der Waals surface area contributed by atoms with Crippen molar-refractivity contribution in [1.82, 2.24) is 20.1 Å². The van der Waals surface area contributed by atoms with Gasteiger partial charge in [-0.3, -0.25) is 14.5 Å². The van der Waals surface area contributed by atoms with E-state index in [2.05, 4.69) is 20.9 Å². The Morgan fingerprint density at radius 1 is 1.18 bits per heavy atom. The molecule has 4 aromatic rings. The molecule has 40 heavy (non-hydrogen) atoms. The number of pyridine rings is 1. The molecule has 2 aromatic carbocycles. The van der Waals surface area contributed by atoms with E-state index in [1.165, 1.54) is 18.9 Å². The standard InChI is InChI=1S/C25H26FN4O2.C5H7NO.K/c1-16-6-7-22-20(10-16)23(8-9-27-22)31-24-12-21(26)18(11-17(24)2)13-29-32-19-14-28-30(15-19)25(3,4)5;7-3-6-5-1-4(5)2-5;/h6-12,14-15H,13H2,1-5H3;3-4H,1-2H2,(H,6,7);/q-1;;+1. The van der Waals surface area contributed by atoms with Crippen molar-refractivity contribution in [2.45, 2.75) is 65.1 Å². The number of rotatable bonds is 8. The zero-order chi connectivity index (χ0) is 27.8. The summed E-state index contributed by atoms with van der Waals surface area (Å²) >= 11 is 0. The summed E-state index contributed by atoms with van der Waals surface area (Å²) in [5.74, 6) is 2.07. The fourth-order valence-electron chi connectivity index (χ4n) is 4.35. The van der Waals surface area contributed by atoms with E-state index in [9.17, 15) is 9.18 Å². The number of carbonyl (C=O) groups is 1. The van der Waals surface area contributed by atoms with Crippen LogP contribution in [0.1, 0.15) is 50.3 Å². The number of hydrogen-bond acceptors (Lipinski definition) is 5. The van der Waals surface area contributed by atoms with Crippen LogP contribution in [0.5, 0.6) is 17.2 Å². The number of hydroxylamine groups is 1. The quantitative estimate of drug-likeness (QED) is 0.199. The molecular weight excluding hydrogens is 536 g/mol. The van der Waals surface area contributed by atoms with E-state index in [1.807, 2.05) is 52.8 Å². The predicted octanol–water partition coefficient (Wildman–Crippen LogP) is 3.50. The molecule has 2 heterocycles. The van der Waals surface area contributed by atoms with E-state index in [4.69, 9.17) is 9.57 Å². The Labute approximate surface area is 276 Å². The molecule has 1 amide bonds. The van der Waals surface area contributed by atoms with Crippen molar-refractivity contribution in [3.63, 3.8) is 0 Å². The second-order valence-electron chi connectivity index (χ2n) is 11.3. The van der Waals surface area contributed by atoms with Gasteiger partial charge in [0.2, 0.25) is 6.41 Å². The summed E-state index contributed by atoms with van der Waals surface area (Å²) in [6, 6.07) is 10.9. The van der Waals surface area contributed by atoms with E-state index in [0.717, 1.165) is 34.4 Å². The van der Waals surface area contributed by atoms with Gasteiger partial charge in [0.25, 0.3) is 0 Å². The molecule has 6 rings (SSSR count). The second kappa shape index (κ2) is 12.3. The molecule has 204 valence electrons. The van der Waals surface area contributed by atoms with Gasteiger partial charge in [0, 0.05) is 23.2 Å². The average Bonchev–Trinajstić information content (AvgIpc) is 3.66. The average molecular weight is 570 g/mol. The molecule has 2 fully saturated rings. The van der Waals surface area contributed by atoms with Crippen molar-refractivity contribution in [2.75, 3.05) is 0 Å². The third-order valence-corrected chi connectivity index (χ3v) is 7.10. The molecule has 8 nitrogen and oxygen atoms in total. The number of amides is 1. The summed E-state index contributed by atoms with van der Waals surface area (Å²) in [6.07, 6.45) is 8.34. The van der Waals surface area contributed by atoms with Gasteiger partial charge in [0.1, 0.15) is 23.1 Å². The van der Waals surface area contributed by atoms with E-state index >= 15 is 0 Å². The van der Waals surface area contributed by atoms with Crippen molar-refractivity contribution in [2.24, 2.45) is 5.92 Å². The minimum atomic E-state index is -0.405. The first kappa shape index (κ1) is 30.6. The molecule has 0 bridgehead atoms. The number of carbonyl (C=O) groups excluding carboxylic acids is 1. The minimum Gasteiger partial charge on any atom is -0.585 e. The number of fused-ring (bicyclic) bond motifs is 2. The minimum absolute atomic E-state index is 0. The van der Waals surface area contributed by atoms with Gasteiger partial charge in [-0.15, -0.1) is 0 Å². The molecule has 0 aliphatic heterocycles. The molecule has 2 aliphatic carbocycles. The van der Waals surface area contributed by atoms with Gasteiger partial charge in [-0.25, -0.2) is 4.39 Å². The van der Waals surface area contributed by atoms with Crippen LogP contribution < -0.4 is 66.3 Å². The molecule has 10 heteroatoms. The van der Waals surface area contributed by atoms with Gasteiger partial charge in [-0.2, -0.15) is 5.10 Å². The Balaban J connectivity index is 0.000000397. The van der Waals surface area contributed by atoms with Crippen LogP contribution in [0.15, 0.2) is 55.0 Å². The number of hydrogen-bond donors (Lipinski definition) is 1. The van der Waals surface area contributed by atoms with E-state index in [-0.39, 0.29) is 63.5 Å². The van der Waals surface area contributed by atoms with Crippen LogP contribution in [0.4, 0.5) is 4.39 Å². The maximum atomic E-state index is 14.8. The number of ether oxygens (including phenoxy) is 1. The number of nitrogens with one attached hydrogen (secondary N) is 1. The SMILES string of the molecule is Cc1ccc2nccc(Oc3cc(F)c(C[N-]Oc4cnn(C(C)(C)C)c4)cc3C)c2c1.O=CNC12CC1C2.[K+]. The van der Waals surface area contributed by atoms with E-state index < -0.39 is 5.82 Å². The molecular formula is C30H33FKN5O3. The molecule has 0 atom stereocenters. The van der Waals surface area contributed by atoms with Crippen molar-refractivity contribution in [3.05, 3.63) is 83.0 Å². The third kappa shape index (κ3) is 7.10. The Hall–Kier alpha value is -2.34. The van der Waals surface area contributed by atoms with Crippen LogP contribution in [-0.4, -0.2) is 26.7 Å². The fraction of sp³-hybridized carbons (Fsp3) is 0.367. The van der Waals surface area contributed by atoms with Crippen LogP contribution in [-0.2, 0) is 16.9 Å². The van der Waals surface area contributed by atoms with Crippen LogP contribution in [0, 0.1) is 25.6 Å². The van der Waals surface area contributed by atoms with Gasteiger partial charge in [-0.05, 0) is 82.7 Å². The number of halogens is 1. The summed E-state index contributed by atoms with van der Waals surface area (Å²) in [5, 5.41) is 7.93. The largest absolute Gasteiger partial charge is 1.00 e. The maximum Gasteiger partial charge on any atom is 1.00 e. The third-order valence-electron chi connectivity index (χ3n) is 7.10. The predicted molar refractivity (Wildman–Crippen MR) is 147 cm³/mol. The maximum absolute atomic E-state index is 14.8. The number of aromatic nitrogens is 3. The summed E-state index contributed by atoms with van der Waals surface area (Å²) < 4.78 is 22.6. The smallest absolute Gasteiger partial charge is 0.585 e. The first-order valence-corrected chi connectivity index (χ1v) is 13.0. The molecule has 2 saturated carbocycles. The molecule has 0 spiro atoms. The molecule has 1 N–H and O–H groups in total. The van der Waals surface area contributed by atoms with Crippen molar-refractivity contribution in [3.8, 4) is 17.2 Å². The van der Waals surface area contributed by atoms with Gasteiger partial charge >= 0.3 is 51.4 Å². The molecule has 0 unspecified atom stereocenters. The zero-order valence-electron chi connectivity index (χ0n) is 23.9. The van der Waals surface area contributed by atoms with Crippen LogP contribution >= 0.6 is 0 Å². The Morgan fingerprint density at radius 3 is 2.55 bits per heavy atom. The van der Waals surface area contributed by atoms with Gasteiger partial charge < -0.3 is 20.4 Å². The molecule has 2 aliphatic rings. The van der Waals surface area contributed by atoms with Crippen LogP contribution in [0.25, 0.3) is 16.4 Å². The first-order valence-electron chi connectivity index (χ1n) is 13.0. The molecule has 0 radical (unpaired) electrons. The molecule has 2 aromatic heterocycles. The zero-order valence-corrected chi connectivity index (χ0v) is 27.0. The topological polar surface area (TPSA) is 92.4 Å². The summed E-state index contributed by atoms with van der Waals surface area (Å²) in [6.45, 7) is 10.1. The number of benzene rings is 2. The Kier molecular flexibility index (Phi) is 9.38. The van der Waals surface area contributed by atoms with E-state index in [0.29, 0.717) is 28.4 Å². The summed E-state index contributed by atoms with van der Waals surface area (Å²) in [7, 11) is 0. The van der Waals surface area contributed by atoms with Crippen LogP contribution in [0.2, 0.25) is 0 Å². The molecule has 0 saturated heterocycles. The second-order valence-corrected chi connectivity index (χ2v) is 11.3. The van der Waals surface area contributed by atoms with Crippen LogP contribution in [0.3, 0.4) is 0 Å². The summed E-state index contributed by atoms with van der Waals surface area (Å²) in [4.78, 5) is 19.5. The fourth-order valence-corrected chi connectivity index (χ4v) is 4.35. The normalized spacial score (nSPS) is 18.5. The number of nitrogens with zero attached hydrogens (tertiary/aromatic N) is 4. The van der Waals surface area contributed by atoms with Crippen molar-refractivity contribution in [1.29, 1.82) is 0 Å².